The maximum Gasteiger partial charge on any atom is 0.338 e. The number of hydrogen-bond donors (Lipinski definition) is 2. The molecule has 0 saturated heterocycles. The number of benzene rings is 2. The van der Waals surface area contributed by atoms with E-state index < -0.39 is 18.0 Å². The Morgan fingerprint density at radius 3 is 2.59 bits per heavy atom. The van der Waals surface area contributed by atoms with Crippen LogP contribution in [-0.4, -0.2) is 39.4 Å². The highest BCUT2D eigenvalue weighted by atomic mass is 35.5. The highest BCUT2D eigenvalue weighted by molar-refractivity contribution is 6.31. The van der Waals surface area contributed by atoms with Crippen molar-refractivity contribution in [3.8, 4) is 11.5 Å². The van der Waals surface area contributed by atoms with E-state index in [-0.39, 0.29) is 19.8 Å². The third kappa shape index (κ3) is 5.52. The number of ether oxygens (including phenoxy) is 4. The van der Waals surface area contributed by atoms with Crippen LogP contribution in [0.15, 0.2) is 53.7 Å². The minimum atomic E-state index is -0.717. The number of rotatable bonds is 9. The largest absolute Gasteiger partial charge is 0.493 e. The number of allylic oxidation sites excluding steroid dienone is 1. The van der Waals surface area contributed by atoms with Crippen molar-refractivity contribution in [2.75, 3.05) is 27.4 Å². The first-order chi connectivity index (χ1) is 15.4. The van der Waals surface area contributed by atoms with E-state index in [0.717, 1.165) is 5.56 Å². The number of urea groups is 1. The molecule has 2 amide bonds. The Kier molecular flexibility index (Phi) is 7.97. The molecule has 2 aromatic carbocycles. The number of carbonyl (C=O) groups excluding carboxylic acids is 2. The van der Waals surface area contributed by atoms with Gasteiger partial charge in [-0.25, -0.2) is 9.59 Å². The van der Waals surface area contributed by atoms with E-state index in [9.17, 15) is 9.59 Å². The molecular formula is C23H25ClN2O6. The fourth-order valence-electron chi connectivity index (χ4n) is 3.26. The number of nitrogens with one attached hydrogen (secondary N) is 2. The lowest BCUT2D eigenvalue weighted by Gasteiger charge is -2.28. The molecule has 1 atom stereocenters. The highest BCUT2D eigenvalue weighted by Gasteiger charge is 2.32. The maximum atomic E-state index is 12.7. The summed E-state index contributed by atoms with van der Waals surface area (Å²) < 4.78 is 21.6. The van der Waals surface area contributed by atoms with Gasteiger partial charge in [0.15, 0.2) is 11.5 Å². The SMILES string of the molecule is COCCOC(=O)C1=C(C)NC(=O)NC1c1ccc(OCc2ccccc2Cl)c(OC)c1. The molecule has 0 radical (unpaired) electrons. The van der Waals surface area contributed by atoms with E-state index in [4.69, 9.17) is 30.5 Å². The molecule has 1 unspecified atom stereocenters. The third-order valence-electron chi connectivity index (χ3n) is 4.87. The van der Waals surface area contributed by atoms with Crippen LogP contribution in [0.4, 0.5) is 4.79 Å². The molecule has 0 aliphatic carbocycles. The zero-order valence-corrected chi connectivity index (χ0v) is 18.8. The van der Waals surface area contributed by atoms with Crippen molar-refractivity contribution in [3.63, 3.8) is 0 Å². The van der Waals surface area contributed by atoms with Crippen molar-refractivity contribution < 1.29 is 28.5 Å². The lowest BCUT2D eigenvalue weighted by atomic mass is 9.95. The Balaban J connectivity index is 1.85. The molecule has 0 aromatic heterocycles. The Labute approximate surface area is 191 Å². The normalized spacial score (nSPS) is 15.6. The molecule has 0 fully saturated rings. The van der Waals surface area contributed by atoms with Crippen molar-refractivity contribution in [3.05, 3.63) is 69.9 Å². The molecular weight excluding hydrogens is 436 g/mol. The summed E-state index contributed by atoms with van der Waals surface area (Å²) in [4.78, 5) is 24.8. The van der Waals surface area contributed by atoms with Crippen molar-refractivity contribution in [2.45, 2.75) is 19.6 Å². The number of halogens is 1. The second kappa shape index (κ2) is 10.9. The number of carbonyl (C=O) groups is 2. The first-order valence-electron chi connectivity index (χ1n) is 9.93. The summed E-state index contributed by atoms with van der Waals surface area (Å²) in [6.07, 6.45) is 0. The zero-order chi connectivity index (χ0) is 23.1. The van der Waals surface area contributed by atoms with Crippen LogP contribution in [0.1, 0.15) is 24.1 Å². The van der Waals surface area contributed by atoms with Gasteiger partial charge in [0.25, 0.3) is 0 Å². The average molecular weight is 461 g/mol. The molecule has 9 heteroatoms. The van der Waals surface area contributed by atoms with Gasteiger partial charge in [0.1, 0.15) is 13.2 Å². The summed E-state index contributed by atoms with van der Waals surface area (Å²) in [6, 6.07) is 11.5. The van der Waals surface area contributed by atoms with E-state index in [0.29, 0.717) is 33.4 Å². The van der Waals surface area contributed by atoms with Crippen LogP contribution >= 0.6 is 11.6 Å². The Morgan fingerprint density at radius 2 is 1.88 bits per heavy atom. The predicted octanol–water partition coefficient (Wildman–Crippen LogP) is 3.75. The van der Waals surface area contributed by atoms with Gasteiger partial charge in [0.05, 0.1) is 25.3 Å². The highest BCUT2D eigenvalue weighted by Crippen LogP contribution is 2.35. The van der Waals surface area contributed by atoms with Gasteiger partial charge < -0.3 is 29.6 Å². The van der Waals surface area contributed by atoms with Crippen LogP contribution in [0, 0.1) is 0 Å². The van der Waals surface area contributed by atoms with Gasteiger partial charge in [-0.1, -0.05) is 35.9 Å². The third-order valence-corrected chi connectivity index (χ3v) is 5.24. The average Bonchev–Trinajstić information content (AvgIpc) is 2.78. The van der Waals surface area contributed by atoms with E-state index >= 15 is 0 Å². The molecule has 3 rings (SSSR count). The van der Waals surface area contributed by atoms with Gasteiger partial charge in [-0.2, -0.15) is 0 Å². The van der Waals surface area contributed by atoms with Crippen LogP contribution in [0.5, 0.6) is 11.5 Å². The van der Waals surface area contributed by atoms with Crippen LogP contribution in [0.2, 0.25) is 5.02 Å². The molecule has 0 saturated carbocycles. The Morgan fingerprint density at radius 1 is 1.09 bits per heavy atom. The number of esters is 1. The first-order valence-corrected chi connectivity index (χ1v) is 10.3. The summed E-state index contributed by atoms with van der Waals surface area (Å²) in [5.74, 6) is 0.406. The standard InChI is InChI=1S/C23H25ClN2O6/c1-14-20(22(27)31-11-10-29-2)21(26-23(28)25-14)15-8-9-18(19(12-15)30-3)32-13-16-6-4-5-7-17(16)24/h4-9,12,21H,10-11,13H2,1-3H3,(H2,25,26,28). The van der Waals surface area contributed by atoms with E-state index in [1.807, 2.05) is 18.2 Å². The van der Waals surface area contributed by atoms with Gasteiger partial charge in [-0.05, 0) is 30.7 Å². The lowest BCUT2D eigenvalue weighted by molar-refractivity contribution is -0.140. The fraction of sp³-hybridized carbons (Fsp3) is 0.304. The van der Waals surface area contributed by atoms with Gasteiger partial charge in [0, 0.05) is 23.4 Å². The number of methoxy groups -OCH3 is 2. The quantitative estimate of drug-likeness (QED) is 0.437. The molecule has 1 aliphatic rings. The molecule has 32 heavy (non-hydrogen) atoms. The molecule has 2 aromatic rings. The first kappa shape index (κ1) is 23.4. The second-order valence-corrected chi connectivity index (χ2v) is 7.40. The van der Waals surface area contributed by atoms with Crippen molar-refractivity contribution in [1.29, 1.82) is 0 Å². The molecule has 0 spiro atoms. The zero-order valence-electron chi connectivity index (χ0n) is 18.1. The van der Waals surface area contributed by atoms with Gasteiger partial charge in [0.2, 0.25) is 0 Å². The fourth-order valence-corrected chi connectivity index (χ4v) is 3.45. The van der Waals surface area contributed by atoms with Crippen LogP contribution < -0.4 is 20.1 Å². The van der Waals surface area contributed by atoms with Crippen molar-refractivity contribution >= 4 is 23.6 Å². The van der Waals surface area contributed by atoms with Gasteiger partial charge in [-0.3, -0.25) is 0 Å². The van der Waals surface area contributed by atoms with Crippen LogP contribution in [-0.2, 0) is 20.9 Å². The maximum absolute atomic E-state index is 12.7. The Hall–Kier alpha value is -3.23. The molecule has 8 nitrogen and oxygen atoms in total. The summed E-state index contributed by atoms with van der Waals surface area (Å²) in [6.45, 7) is 2.28. The summed E-state index contributed by atoms with van der Waals surface area (Å²) >= 11 is 6.20. The van der Waals surface area contributed by atoms with Gasteiger partial charge in [-0.15, -0.1) is 0 Å². The van der Waals surface area contributed by atoms with Crippen molar-refractivity contribution in [2.24, 2.45) is 0 Å². The summed E-state index contributed by atoms with van der Waals surface area (Å²) in [7, 11) is 3.04. The molecule has 2 N–H and O–H groups in total. The smallest absolute Gasteiger partial charge is 0.338 e. The lowest BCUT2D eigenvalue weighted by Crippen LogP contribution is -2.45. The molecule has 170 valence electrons. The monoisotopic (exact) mass is 460 g/mol. The van der Waals surface area contributed by atoms with Crippen molar-refractivity contribution in [1.82, 2.24) is 10.6 Å². The number of amides is 2. The van der Waals surface area contributed by atoms with E-state index in [1.165, 1.54) is 14.2 Å². The predicted molar refractivity (Wildman–Crippen MR) is 119 cm³/mol. The molecule has 0 bridgehead atoms. The minimum Gasteiger partial charge on any atom is -0.493 e. The topological polar surface area (TPSA) is 95.1 Å². The molecule has 1 heterocycles. The molecule has 1 aliphatic heterocycles. The summed E-state index contributed by atoms with van der Waals surface area (Å²) in [5.41, 5.74) is 2.19. The number of hydrogen-bond acceptors (Lipinski definition) is 6. The van der Waals surface area contributed by atoms with E-state index in [2.05, 4.69) is 10.6 Å². The Bertz CT molecular complexity index is 1020. The second-order valence-electron chi connectivity index (χ2n) is 6.99. The van der Waals surface area contributed by atoms with Crippen LogP contribution in [0.25, 0.3) is 0 Å². The minimum absolute atomic E-state index is 0.102. The van der Waals surface area contributed by atoms with Gasteiger partial charge >= 0.3 is 12.0 Å². The summed E-state index contributed by atoms with van der Waals surface area (Å²) in [5, 5.41) is 5.99. The van der Waals surface area contributed by atoms with E-state index in [1.54, 1.807) is 31.2 Å². The van der Waals surface area contributed by atoms with Crippen LogP contribution in [0.3, 0.4) is 0 Å².